The number of esters is 1. The van der Waals surface area contributed by atoms with Gasteiger partial charge in [0.25, 0.3) is 5.91 Å². The number of hydrogen-bond donors (Lipinski definition) is 1. The van der Waals surface area contributed by atoms with Gasteiger partial charge in [-0.25, -0.2) is 0 Å². The van der Waals surface area contributed by atoms with Gasteiger partial charge in [-0.1, -0.05) is 36.7 Å². The van der Waals surface area contributed by atoms with Crippen molar-refractivity contribution in [2.75, 3.05) is 19.7 Å². The Bertz CT molecular complexity index is 620. The lowest BCUT2D eigenvalue weighted by atomic mass is 10.1. The number of rotatable bonds is 7. The van der Waals surface area contributed by atoms with E-state index in [9.17, 15) is 14.4 Å². The van der Waals surface area contributed by atoms with Crippen LogP contribution < -0.4 is 5.32 Å². The molecule has 130 valence electrons. The Morgan fingerprint density at radius 3 is 2.83 bits per heavy atom. The van der Waals surface area contributed by atoms with Gasteiger partial charge >= 0.3 is 5.97 Å². The summed E-state index contributed by atoms with van der Waals surface area (Å²) in [4.78, 5) is 37.1. The smallest absolute Gasteiger partial charge is 0.311 e. The fraction of sp³-hybridized carbons (Fsp3) is 0.471. The molecule has 0 bridgehead atoms. The van der Waals surface area contributed by atoms with Crippen molar-refractivity contribution in [3.05, 3.63) is 34.9 Å². The molecule has 2 rings (SSSR count). The molecule has 1 N–H and O–H groups in total. The van der Waals surface area contributed by atoms with Gasteiger partial charge in [-0.2, -0.15) is 0 Å². The van der Waals surface area contributed by atoms with Crippen molar-refractivity contribution < 1.29 is 19.1 Å². The molecule has 0 radical (unpaired) electrons. The van der Waals surface area contributed by atoms with Gasteiger partial charge in [-0.3, -0.25) is 14.4 Å². The summed E-state index contributed by atoms with van der Waals surface area (Å²) in [6.45, 7) is 2.81. The predicted octanol–water partition coefficient (Wildman–Crippen LogP) is 1.76. The summed E-state index contributed by atoms with van der Waals surface area (Å²) in [5.74, 6) is -1.51. The van der Waals surface area contributed by atoms with E-state index < -0.39 is 11.9 Å². The molecule has 0 aliphatic carbocycles. The normalized spacial score (nSPS) is 17.0. The van der Waals surface area contributed by atoms with Crippen LogP contribution in [-0.4, -0.2) is 42.4 Å². The molecule has 0 aromatic heterocycles. The molecule has 0 saturated carbocycles. The number of benzene rings is 1. The second-order valence-electron chi connectivity index (χ2n) is 5.72. The summed E-state index contributed by atoms with van der Waals surface area (Å²) < 4.78 is 5.00. The highest BCUT2D eigenvalue weighted by molar-refractivity contribution is 6.31. The Morgan fingerprint density at radius 2 is 2.12 bits per heavy atom. The molecule has 7 heteroatoms. The number of carbonyl (C=O) groups excluding carboxylic acids is 3. The third-order valence-electron chi connectivity index (χ3n) is 3.78. The number of carbonyl (C=O) groups is 3. The second-order valence-corrected chi connectivity index (χ2v) is 6.13. The molecule has 1 aromatic rings. The van der Waals surface area contributed by atoms with Gasteiger partial charge < -0.3 is 15.0 Å². The van der Waals surface area contributed by atoms with Crippen molar-refractivity contribution in [2.24, 2.45) is 5.92 Å². The van der Waals surface area contributed by atoms with Gasteiger partial charge in [-0.05, 0) is 18.1 Å². The zero-order valence-corrected chi connectivity index (χ0v) is 14.3. The van der Waals surface area contributed by atoms with Gasteiger partial charge in [0.05, 0.1) is 5.92 Å². The Balaban J connectivity index is 1.84. The lowest BCUT2D eigenvalue weighted by molar-refractivity contribution is -0.152. The third-order valence-corrected chi connectivity index (χ3v) is 4.15. The summed E-state index contributed by atoms with van der Waals surface area (Å²) in [5, 5.41) is 3.21. The minimum Gasteiger partial charge on any atom is -0.455 e. The van der Waals surface area contributed by atoms with E-state index >= 15 is 0 Å². The van der Waals surface area contributed by atoms with Crippen molar-refractivity contribution in [1.82, 2.24) is 10.2 Å². The molecule has 6 nitrogen and oxygen atoms in total. The van der Waals surface area contributed by atoms with Gasteiger partial charge in [0, 0.05) is 31.1 Å². The minimum atomic E-state index is -0.543. The van der Waals surface area contributed by atoms with Crippen LogP contribution >= 0.6 is 11.6 Å². The van der Waals surface area contributed by atoms with Gasteiger partial charge in [0.15, 0.2) is 6.61 Å². The maximum Gasteiger partial charge on any atom is 0.311 e. The van der Waals surface area contributed by atoms with E-state index in [0.29, 0.717) is 18.1 Å². The fourth-order valence-electron chi connectivity index (χ4n) is 2.49. The average Bonchev–Trinajstić information content (AvgIpc) is 2.93. The van der Waals surface area contributed by atoms with E-state index in [1.165, 1.54) is 0 Å². The molecule has 1 aliphatic rings. The van der Waals surface area contributed by atoms with Crippen molar-refractivity contribution in [2.45, 2.75) is 26.3 Å². The standard InChI is InChI=1S/C17H21ClN2O4/c1-2-7-19-15(21)11-24-17(23)13-8-16(22)20(10-13)9-12-5-3-4-6-14(12)18/h3-6,13H,2,7-11H2,1H3,(H,19,21)/t13-/m1/s1. The lowest BCUT2D eigenvalue weighted by Gasteiger charge is -2.17. The van der Waals surface area contributed by atoms with Crippen LogP contribution in [0.15, 0.2) is 24.3 Å². The lowest BCUT2D eigenvalue weighted by Crippen LogP contribution is -2.31. The van der Waals surface area contributed by atoms with Gasteiger partial charge in [0.2, 0.25) is 5.91 Å². The molecule has 0 unspecified atom stereocenters. The Hall–Kier alpha value is -2.08. The van der Waals surface area contributed by atoms with E-state index in [1.54, 1.807) is 11.0 Å². The molecular formula is C17H21ClN2O4. The van der Waals surface area contributed by atoms with E-state index in [2.05, 4.69) is 5.32 Å². The van der Waals surface area contributed by atoms with Crippen LogP contribution in [0.3, 0.4) is 0 Å². The Kier molecular flexibility index (Phi) is 6.61. The first-order valence-electron chi connectivity index (χ1n) is 7.95. The van der Waals surface area contributed by atoms with Crippen LogP contribution in [0, 0.1) is 5.92 Å². The largest absolute Gasteiger partial charge is 0.455 e. The molecule has 2 amide bonds. The van der Waals surface area contributed by atoms with E-state index in [4.69, 9.17) is 16.3 Å². The number of ether oxygens (including phenoxy) is 1. The van der Waals surface area contributed by atoms with E-state index in [0.717, 1.165) is 12.0 Å². The second kappa shape index (κ2) is 8.68. The fourth-order valence-corrected chi connectivity index (χ4v) is 2.68. The highest BCUT2D eigenvalue weighted by Gasteiger charge is 2.35. The molecule has 1 saturated heterocycles. The predicted molar refractivity (Wildman–Crippen MR) is 89.2 cm³/mol. The molecule has 0 spiro atoms. The van der Waals surface area contributed by atoms with Crippen molar-refractivity contribution in [3.8, 4) is 0 Å². The first kappa shape index (κ1) is 18.3. The molecule has 1 aromatic carbocycles. The summed E-state index contributed by atoms with van der Waals surface area (Å²) >= 11 is 6.10. The summed E-state index contributed by atoms with van der Waals surface area (Å²) in [7, 11) is 0. The third kappa shape index (κ3) is 4.96. The number of likely N-dealkylation sites (tertiary alicyclic amines) is 1. The van der Waals surface area contributed by atoms with Crippen molar-refractivity contribution in [1.29, 1.82) is 0 Å². The van der Waals surface area contributed by atoms with E-state index in [1.807, 2.05) is 25.1 Å². The number of nitrogens with zero attached hydrogens (tertiary/aromatic N) is 1. The first-order chi connectivity index (χ1) is 11.5. The molecule has 1 fully saturated rings. The van der Waals surface area contributed by atoms with Gasteiger partial charge in [-0.15, -0.1) is 0 Å². The van der Waals surface area contributed by atoms with Crippen LogP contribution in [0.5, 0.6) is 0 Å². The van der Waals surface area contributed by atoms with Crippen molar-refractivity contribution >= 4 is 29.4 Å². The number of halogens is 1. The molecule has 1 atom stereocenters. The van der Waals surface area contributed by atoms with Crippen LogP contribution in [0.25, 0.3) is 0 Å². The quantitative estimate of drug-likeness (QED) is 0.759. The van der Waals surface area contributed by atoms with Gasteiger partial charge in [0.1, 0.15) is 0 Å². The molecule has 1 aliphatic heterocycles. The van der Waals surface area contributed by atoms with Crippen LogP contribution in [0.2, 0.25) is 5.02 Å². The monoisotopic (exact) mass is 352 g/mol. The summed E-state index contributed by atoms with van der Waals surface area (Å²) in [6.07, 6.45) is 0.910. The van der Waals surface area contributed by atoms with Crippen LogP contribution in [0.4, 0.5) is 0 Å². The summed E-state index contributed by atoms with van der Waals surface area (Å²) in [5.41, 5.74) is 0.834. The summed E-state index contributed by atoms with van der Waals surface area (Å²) in [6, 6.07) is 7.28. The number of hydrogen-bond acceptors (Lipinski definition) is 4. The van der Waals surface area contributed by atoms with Crippen molar-refractivity contribution in [3.63, 3.8) is 0 Å². The maximum absolute atomic E-state index is 12.1. The average molecular weight is 353 g/mol. The highest BCUT2D eigenvalue weighted by Crippen LogP contribution is 2.24. The molecular weight excluding hydrogens is 332 g/mol. The zero-order valence-electron chi connectivity index (χ0n) is 13.6. The number of amides is 2. The van der Waals surface area contributed by atoms with E-state index in [-0.39, 0.29) is 31.4 Å². The minimum absolute atomic E-state index is 0.0971. The van der Waals surface area contributed by atoms with Crippen LogP contribution in [-0.2, 0) is 25.7 Å². The highest BCUT2D eigenvalue weighted by atomic mass is 35.5. The SMILES string of the molecule is CCCNC(=O)COC(=O)[C@@H]1CC(=O)N(Cc2ccccc2Cl)C1. The maximum atomic E-state index is 12.1. The Morgan fingerprint density at radius 1 is 1.38 bits per heavy atom. The molecule has 1 heterocycles. The van der Waals surface area contributed by atoms with Crippen LogP contribution in [0.1, 0.15) is 25.3 Å². The first-order valence-corrected chi connectivity index (χ1v) is 8.33. The topological polar surface area (TPSA) is 75.7 Å². The molecule has 24 heavy (non-hydrogen) atoms. The zero-order chi connectivity index (χ0) is 17.5. The Labute approximate surface area is 146 Å². The number of nitrogens with one attached hydrogen (secondary N) is 1.